The van der Waals surface area contributed by atoms with Crippen molar-refractivity contribution in [3.8, 4) is 0 Å². The van der Waals surface area contributed by atoms with Crippen LogP contribution in [0, 0.1) is 5.82 Å². The van der Waals surface area contributed by atoms with Crippen molar-refractivity contribution in [1.82, 2.24) is 4.90 Å². The zero-order chi connectivity index (χ0) is 16.6. The summed E-state index contributed by atoms with van der Waals surface area (Å²) in [5.41, 5.74) is 0.133. The number of nitrogens with zero attached hydrogens (tertiary/aromatic N) is 1. The van der Waals surface area contributed by atoms with E-state index >= 15 is 0 Å². The molecule has 7 heteroatoms. The second kappa shape index (κ2) is 5.77. The fourth-order valence-corrected chi connectivity index (χ4v) is 2.71. The van der Waals surface area contributed by atoms with E-state index in [2.05, 4.69) is 5.32 Å². The number of carbonyl (C=O) groups is 1. The number of urea groups is 1. The molecule has 23 heavy (non-hydrogen) atoms. The number of benzene rings is 2. The number of nitrogens with one attached hydrogen (secondary N) is 1. The summed E-state index contributed by atoms with van der Waals surface area (Å²) in [6.07, 6.45) is 0. The number of amides is 2. The Morgan fingerprint density at radius 2 is 1.91 bits per heavy atom. The van der Waals surface area contributed by atoms with E-state index in [1.165, 1.54) is 30.3 Å². The van der Waals surface area contributed by atoms with Crippen LogP contribution in [0.25, 0.3) is 0 Å². The monoisotopic (exact) mass is 340 g/mol. The van der Waals surface area contributed by atoms with Gasteiger partial charge in [0.15, 0.2) is 5.82 Å². The van der Waals surface area contributed by atoms with Gasteiger partial charge in [0.2, 0.25) is 0 Å². The lowest BCUT2D eigenvalue weighted by atomic mass is 9.97. The molecule has 0 saturated heterocycles. The van der Waals surface area contributed by atoms with Gasteiger partial charge >= 0.3 is 6.03 Å². The van der Waals surface area contributed by atoms with Gasteiger partial charge < -0.3 is 10.2 Å². The highest BCUT2D eigenvalue weighted by molar-refractivity contribution is 6.31. The van der Waals surface area contributed by atoms with Crippen molar-refractivity contribution in [2.24, 2.45) is 0 Å². The van der Waals surface area contributed by atoms with Gasteiger partial charge in [-0.1, -0.05) is 41.9 Å². The van der Waals surface area contributed by atoms with E-state index in [-0.39, 0.29) is 22.8 Å². The third-order valence-electron chi connectivity index (χ3n) is 3.64. The molecule has 1 N–H and O–H groups in total. The Bertz CT molecular complexity index is 767. The maximum Gasteiger partial charge on any atom is 0.322 e. The molecule has 1 aliphatic rings. The number of anilines is 1. The summed E-state index contributed by atoms with van der Waals surface area (Å²) in [6, 6.07) is 9.36. The highest BCUT2D eigenvalue weighted by Gasteiger charge is 2.41. The molecule has 0 fully saturated rings. The van der Waals surface area contributed by atoms with Crippen molar-refractivity contribution < 1.29 is 18.0 Å². The third-order valence-corrected chi connectivity index (χ3v) is 3.93. The standard InChI is InChI=1S/C16H12ClF3N2O/c17-12-6-3-7-13(14(12)18)21-15(23)22-8-10-4-1-2-5-11(10)16(19,20)9-22/h1-7H,8-9H2,(H,21,23). The Morgan fingerprint density at radius 1 is 1.17 bits per heavy atom. The predicted molar refractivity (Wildman–Crippen MR) is 81.2 cm³/mol. The van der Waals surface area contributed by atoms with Gasteiger partial charge in [-0.15, -0.1) is 0 Å². The number of alkyl halides is 2. The molecular formula is C16H12ClF3N2O. The maximum atomic E-state index is 14.2. The summed E-state index contributed by atoms with van der Waals surface area (Å²) in [4.78, 5) is 13.1. The summed E-state index contributed by atoms with van der Waals surface area (Å²) >= 11 is 5.64. The Labute approximate surface area is 135 Å². The zero-order valence-electron chi connectivity index (χ0n) is 11.8. The van der Waals surface area contributed by atoms with Crippen molar-refractivity contribution in [2.75, 3.05) is 11.9 Å². The van der Waals surface area contributed by atoms with Crippen molar-refractivity contribution in [1.29, 1.82) is 0 Å². The molecule has 3 nitrogen and oxygen atoms in total. The number of fused-ring (bicyclic) bond motifs is 1. The van der Waals surface area contributed by atoms with E-state index < -0.39 is 24.3 Å². The van der Waals surface area contributed by atoms with Crippen molar-refractivity contribution in [3.63, 3.8) is 0 Å². The first kappa shape index (κ1) is 15.7. The van der Waals surface area contributed by atoms with Crippen LogP contribution < -0.4 is 5.32 Å². The van der Waals surface area contributed by atoms with Gasteiger partial charge in [-0.05, 0) is 17.7 Å². The van der Waals surface area contributed by atoms with Gasteiger partial charge in [0.1, 0.15) is 0 Å². The van der Waals surface area contributed by atoms with E-state index in [9.17, 15) is 18.0 Å². The topological polar surface area (TPSA) is 32.3 Å². The van der Waals surface area contributed by atoms with Gasteiger partial charge in [-0.3, -0.25) is 0 Å². The Hall–Kier alpha value is -2.21. The normalized spacial score (nSPS) is 15.9. The molecule has 0 radical (unpaired) electrons. The van der Waals surface area contributed by atoms with Crippen LogP contribution in [0.1, 0.15) is 11.1 Å². The quantitative estimate of drug-likeness (QED) is 0.807. The van der Waals surface area contributed by atoms with Crippen molar-refractivity contribution in [2.45, 2.75) is 12.5 Å². The van der Waals surface area contributed by atoms with Gasteiger partial charge in [0, 0.05) is 12.1 Å². The highest BCUT2D eigenvalue weighted by atomic mass is 35.5. The largest absolute Gasteiger partial charge is 0.322 e. The van der Waals surface area contributed by atoms with Crippen LogP contribution in [-0.2, 0) is 12.5 Å². The predicted octanol–water partition coefficient (Wildman–Crippen LogP) is 4.62. The minimum atomic E-state index is -3.15. The Kier molecular flexibility index (Phi) is 3.93. The summed E-state index contributed by atoms with van der Waals surface area (Å²) in [5.74, 6) is -3.95. The maximum absolute atomic E-state index is 14.2. The summed E-state index contributed by atoms with van der Waals surface area (Å²) in [5, 5.41) is 2.13. The van der Waals surface area contributed by atoms with Gasteiger partial charge in [0.05, 0.1) is 17.3 Å². The Morgan fingerprint density at radius 3 is 2.70 bits per heavy atom. The van der Waals surface area contributed by atoms with Crippen LogP contribution >= 0.6 is 11.6 Å². The fourth-order valence-electron chi connectivity index (χ4n) is 2.54. The van der Waals surface area contributed by atoms with Gasteiger partial charge in [-0.2, -0.15) is 8.78 Å². The van der Waals surface area contributed by atoms with Crippen LogP contribution in [0.4, 0.5) is 23.7 Å². The number of halogens is 4. The summed E-state index contributed by atoms with van der Waals surface area (Å²) in [6.45, 7) is -0.738. The first-order chi connectivity index (χ1) is 10.9. The van der Waals surface area contributed by atoms with Crippen molar-refractivity contribution in [3.05, 3.63) is 64.4 Å². The van der Waals surface area contributed by atoms with Gasteiger partial charge in [-0.25, -0.2) is 9.18 Å². The molecule has 3 rings (SSSR count). The third kappa shape index (κ3) is 2.99. The van der Waals surface area contributed by atoms with Crippen molar-refractivity contribution >= 4 is 23.3 Å². The van der Waals surface area contributed by atoms with E-state index in [4.69, 9.17) is 11.6 Å². The Balaban J connectivity index is 1.83. The first-order valence-electron chi connectivity index (χ1n) is 6.84. The number of carbonyl (C=O) groups excluding carboxylic acids is 1. The molecule has 1 aliphatic heterocycles. The second-order valence-electron chi connectivity index (χ2n) is 5.25. The summed E-state index contributed by atoms with van der Waals surface area (Å²) in [7, 11) is 0. The lowest BCUT2D eigenvalue weighted by Crippen LogP contribution is -2.45. The van der Waals surface area contributed by atoms with Gasteiger partial charge in [0.25, 0.3) is 5.92 Å². The molecule has 2 amide bonds. The molecule has 2 aromatic carbocycles. The van der Waals surface area contributed by atoms with E-state index in [1.807, 2.05) is 0 Å². The summed E-state index contributed by atoms with van der Waals surface area (Å²) < 4.78 is 42.2. The highest BCUT2D eigenvalue weighted by Crippen LogP contribution is 2.36. The molecule has 0 saturated carbocycles. The van der Waals surface area contributed by atoms with E-state index in [0.29, 0.717) is 5.56 Å². The molecule has 1 heterocycles. The molecule has 0 spiro atoms. The smallest absolute Gasteiger partial charge is 0.314 e. The average Bonchev–Trinajstić information content (AvgIpc) is 2.51. The van der Waals surface area contributed by atoms with Crippen LogP contribution in [-0.4, -0.2) is 17.5 Å². The number of rotatable bonds is 1. The molecule has 2 aromatic rings. The zero-order valence-corrected chi connectivity index (χ0v) is 12.6. The van der Waals surface area contributed by atoms with Crippen LogP contribution in [0.15, 0.2) is 42.5 Å². The van der Waals surface area contributed by atoms with Crippen LogP contribution in [0.2, 0.25) is 5.02 Å². The lowest BCUT2D eigenvalue weighted by Gasteiger charge is -2.34. The van der Waals surface area contributed by atoms with E-state index in [0.717, 1.165) is 4.90 Å². The first-order valence-corrected chi connectivity index (χ1v) is 7.22. The molecule has 0 aliphatic carbocycles. The molecular weight excluding hydrogens is 329 g/mol. The molecule has 120 valence electrons. The average molecular weight is 341 g/mol. The SMILES string of the molecule is O=C(Nc1cccc(Cl)c1F)N1Cc2ccccc2C(F)(F)C1. The van der Waals surface area contributed by atoms with Crippen LogP contribution in [0.5, 0.6) is 0 Å². The number of hydrogen-bond acceptors (Lipinski definition) is 1. The van der Waals surface area contributed by atoms with Crippen LogP contribution in [0.3, 0.4) is 0 Å². The molecule has 0 unspecified atom stereocenters. The molecule has 0 bridgehead atoms. The van der Waals surface area contributed by atoms with E-state index in [1.54, 1.807) is 12.1 Å². The minimum absolute atomic E-state index is 0.0276. The molecule has 0 aromatic heterocycles. The molecule has 0 atom stereocenters. The minimum Gasteiger partial charge on any atom is -0.314 e. The fraction of sp³-hybridized carbons (Fsp3) is 0.188. The second-order valence-corrected chi connectivity index (χ2v) is 5.66. The number of hydrogen-bond donors (Lipinski definition) is 1. The lowest BCUT2D eigenvalue weighted by molar-refractivity contribution is -0.0396.